The Hall–Kier alpha value is -2.64. The summed E-state index contributed by atoms with van der Waals surface area (Å²) < 4.78 is 7.28. The van der Waals surface area contributed by atoms with E-state index in [1.54, 1.807) is 7.11 Å². The number of aromatic nitrogens is 3. The first-order chi connectivity index (χ1) is 14.8. The number of hydrogen-bond acceptors (Lipinski definition) is 5. The van der Waals surface area contributed by atoms with Crippen molar-refractivity contribution < 1.29 is 9.53 Å². The molecule has 6 nitrogen and oxygen atoms in total. The van der Waals surface area contributed by atoms with Gasteiger partial charge in [0.05, 0.1) is 24.9 Å². The van der Waals surface area contributed by atoms with E-state index < -0.39 is 0 Å². The zero-order chi connectivity index (χ0) is 20.8. The van der Waals surface area contributed by atoms with Crippen LogP contribution in [0.1, 0.15) is 30.0 Å². The first-order valence-electron chi connectivity index (χ1n) is 10.2. The smallest absolute Gasteiger partial charge is 0.230 e. The van der Waals surface area contributed by atoms with Gasteiger partial charge in [-0.15, -0.1) is 10.2 Å². The summed E-state index contributed by atoms with van der Waals surface area (Å²) in [4.78, 5) is 12.7. The number of rotatable bonds is 8. The Balaban J connectivity index is 1.43. The molecule has 1 aliphatic carbocycles. The van der Waals surface area contributed by atoms with Crippen LogP contribution in [0.5, 0.6) is 0 Å². The number of carbonyl (C=O) groups excluding carboxylic acids is 1. The van der Waals surface area contributed by atoms with E-state index in [0.29, 0.717) is 18.9 Å². The molecule has 0 unspecified atom stereocenters. The summed E-state index contributed by atoms with van der Waals surface area (Å²) in [5.74, 6) is 1.11. The molecular weight excluding hydrogens is 396 g/mol. The van der Waals surface area contributed by atoms with Crippen LogP contribution in [0.3, 0.4) is 0 Å². The molecule has 1 amide bonds. The lowest BCUT2D eigenvalue weighted by atomic mass is 9.88. The van der Waals surface area contributed by atoms with Crippen LogP contribution in [0, 0.1) is 0 Å². The predicted molar refractivity (Wildman–Crippen MR) is 118 cm³/mol. The number of amides is 1. The van der Waals surface area contributed by atoms with E-state index in [0.717, 1.165) is 35.8 Å². The molecule has 1 aromatic heterocycles. The fourth-order valence-electron chi connectivity index (χ4n) is 3.85. The molecule has 30 heavy (non-hydrogen) atoms. The average Bonchev–Trinajstić information content (AvgIpc) is 3.20. The third-order valence-corrected chi connectivity index (χ3v) is 6.27. The van der Waals surface area contributed by atoms with Crippen molar-refractivity contribution in [1.29, 1.82) is 0 Å². The number of fused-ring (bicyclic) bond motifs is 1. The van der Waals surface area contributed by atoms with E-state index in [4.69, 9.17) is 4.74 Å². The first-order valence-corrected chi connectivity index (χ1v) is 11.2. The highest BCUT2D eigenvalue weighted by atomic mass is 32.2. The van der Waals surface area contributed by atoms with Gasteiger partial charge < -0.3 is 10.1 Å². The highest BCUT2D eigenvalue weighted by Gasteiger charge is 2.22. The molecular formula is C23H26N4O2S. The number of carbonyl (C=O) groups is 1. The molecule has 7 heteroatoms. The molecule has 0 aliphatic heterocycles. The monoisotopic (exact) mass is 422 g/mol. The molecule has 3 aromatic rings. The lowest BCUT2D eigenvalue weighted by Crippen LogP contribution is -2.32. The van der Waals surface area contributed by atoms with Gasteiger partial charge in [-0.2, -0.15) is 0 Å². The Morgan fingerprint density at radius 2 is 1.97 bits per heavy atom. The number of nitrogens with one attached hydrogen (secondary N) is 1. The minimum atomic E-state index is 0.0178. The minimum Gasteiger partial charge on any atom is -0.383 e. The van der Waals surface area contributed by atoms with Crippen LogP contribution in [0.25, 0.3) is 11.4 Å². The maximum absolute atomic E-state index is 12.7. The Kier molecular flexibility index (Phi) is 6.81. The average molecular weight is 423 g/mol. The number of methoxy groups -OCH3 is 1. The summed E-state index contributed by atoms with van der Waals surface area (Å²) in [5.41, 5.74) is 3.58. The fourth-order valence-corrected chi connectivity index (χ4v) is 4.63. The molecule has 4 rings (SSSR count). The van der Waals surface area contributed by atoms with Gasteiger partial charge >= 0.3 is 0 Å². The highest BCUT2D eigenvalue weighted by molar-refractivity contribution is 7.99. The van der Waals surface area contributed by atoms with Crippen molar-refractivity contribution in [2.45, 2.75) is 37.0 Å². The summed E-state index contributed by atoms with van der Waals surface area (Å²) in [6.07, 6.45) is 3.17. The minimum absolute atomic E-state index is 0.0178. The molecule has 0 saturated carbocycles. The number of hydrogen-bond donors (Lipinski definition) is 1. The Morgan fingerprint density at radius 3 is 2.80 bits per heavy atom. The zero-order valence-electron chi connectivity index (χ0n) is 17.1. The normalized spacial score (nSPS) is 15.6. The molecule has 0 radical (unpaired) electrons. The van der Waals surface area contributed by atoms with Gasteiger partial charge in [-0.1, -0.05) is 66.4 Å². The van der Waals surface area contributed by atoms with E-state index in [2.05, 4.69) is 33.7 Å². The van der Waals surface area contributed by atoms with Crippen molar-refractivity contribution in [3.8, 4) is 11.4 Å². The van der Waals surface area contributed by atoms with E-state index in [-0.39, 0.29) is 11.9 Å². The summed E-state index contributed by atoms with van der Waals surface area (Å²) in [7, 11) is 1.68. The van der Waals surface area contributed by atoms with Crippen molar-refractivity contribution in [3.05, 3.63) is 65.7 Å². The largest absolute Gasteiger partial charge is 0.383 e. The Labute approximate surface area is 181 Å². The van der Waals surface area contributed by atoms with Gasteiger partial charge in [0.1, 0.15) is 0 Å². The Bertz CT molecular complexity index is 990. The Morgan fingerprint density at radius 1 is 1.17 bits per heavy atom. The van der Waals surface area contributed by atoms with Crippen LogP contribution in [0.4, 0.5) is 0 Å². The summed E-state index contributed by atoms with van der Waals surface area (Å²) in [6, 6.07) is 18.4. The van der Waals surface area contributed by atoms with Crippen LogP contribution in [0.15, 0.2) is 59.8 Å². The predicted octanol–water partition coefficient (Wildman–Crippen LogP) is 3.88. The van der Waals surface area contributed by atoms with Gasteiger partial charge in [0.2, 0.25) is 5.91 Å². The number of nitrogens with zero attached hydrogens (tertiary/aromatic N) is 3. The van der Waals surface area contributed by atoms with Crippen molar-refractivity contribution in [2.75, 3.05) is 19.5 Å². The maximum atomic E-state index is 12.7. The fraction of sp³-hybridized carbons (Fsp3) is 0.348. The number of ether oxygens (including phenoxy) is 1. The second-order valence-electron chi connectivity index (χ2n) is 7.32. The van der Waals surface area contributed by atoms with E-state index in [9.17, 15) is 4.79 Å². The van der Waals surface area contributed by atoms with Crippen LogP contribution in [-0.2, 0) is 22.5 Å². The number of benzene rings is 2. The molecule has 0 bridgehead atoms. The molecule has 1 N–H and O–H groups in total. The van der Waals surface area contributed by atoms with Crippen LogP contribution in [0.2, 0.25) is 0 Å². The molecule has 1 heterocycles. The number of aryl methyl sites for hydroxylation is 1. The molecule has 0 saturated heterocycles. The molecule has 1 aliphatic rings. The van der Waals surface area contributed by atoms with E-state index >= 15 is 0 Å². The molecule has 0 fully saturated rings. The van der Waals surface area contributed by atoms with Gasteiger partial charge in [0, 0.05) is 12.7 Å². The molecule has 2 aromatic carbocycles. The van der Waals surface area contributed by atoms with Crippen molar-refractivity contribution >= 4 is 17.7 Å². The number of thioether (sulfide) groups is 1. The van der Waals surface area contributed by atoms with Gasteiger partial charge in [-0.25, -0.2) is 0 Å². The molecule has 156 valence electrons. The van der Waals surface area contributed by atoms with Crippen LogP contribution < -0.4 is 5.32 Å². The topological polar surface area (TPSA) is 69.0 Å². The zero-order valence-corrected chi connectivity index (χ0v) is 17.9. The lowest BCUT2D eigenvalue weighted by Gasteiger charge is -2.26. The lowest BCUT2D eigenvalue weighted by molar-refractivity contribution is -0.119. The van der Waals surface area contributed by atoms with Gasteiger partial charge in [-0.05, 0) is 30.4 Å². The third kappa shape index (κ3) is 4.74. The molecule has 0 spiro atoms. The first kappa shape index (κ1) is 20.6. The maximum Gasteiger partial charge on any atom is 0.230 e. The standard InChI is InChI=1S/C23H26N4O2S/c1-29-15-14-27-22(18-9-3-2-4-10-18)25-26-23(27)30-16-21(28)24-20-13-7-11-17-8-5-6-12-19(17)20/h2-6,8-10,12,20H,7,11,13-16H2,1H3,(H,24,28)/t20-/m1/s1. The van der Waals surface area contributed by atoms with Crippen molar-refractivity contribution in [1.82, 2.24) is 20.1 Å². The van der Waals surface area contributed by atoms with Crippen molar-refractivity contribution in [2.24, 2.45) is 0 Å². The SMILES string of the molecule is COCCn1c(SCC(=O)N[C@@H]2CCCc3ccccc32)nnc1-c1ccccc1. The summed E-state index contributed by atoms with van der Waals surface area (Å²) >= 11 is 1.41. The van der Waals surface area contributed by atoms with Gasteiger partial charge in [0.15, 0.2) is 11.0 Å². The van der Waals surface area contributed by atoms with E-state index in [1.165, 1.54) is 22.9 Å². The van der Waals surface area contributed by atoms with E-state index in [1.807, 2.05) is 41.0 Å². The summed E-state index contributed by atoms with van der Waals surface area (Å²) in [6.45, 7) is 1.18. The van der Waals surface area contributed by atoms with Gasteiger partial charge in [-0.3, -0.25) is 9.36 Å². The molecule has 1 atom stereocenters. The van der Waals surface area contributed by atoms with Gasteiger partial charge in [0.25, 0.3) is 0 Å². The summed E-state index contributed by atoms with van der Waals surface area (Å²) in [5, 5.41) is 12.6. The van der Waals surface area contributed by atoms with Crippen LogP contribution >= 0.6 is 11.8 Å². The van der Waals surface area contributed by atoms with Crippen LogP contribution in [-0.4, -0.2) is 40.1 Å². The third-order valence-electron chi connectivity index (χ3n) is 5.30. The van der Waals surface area contributed by atoms with Crippen molar-refractivity contribution in [3.63, 3.8) is 0 Å². The second kappa shape index (κ2) is 9.91. The quantitative estimate of drug-likeness (QED) is 0.558. The second-order valence-corrected chi connectivity index (χ2v) is 8.26. The highest BCUT2D eigenvalue weighted by Crippen LogP contribution is 2.30.